The van der Waals surface area contributed by atoms with Gasteiger partial charge in [-0.3, -0.25) is 0 Å². The standard InChI is InChI=1S/C9H15NO2/c1-7(11)6-10-8(2)9-4-3-5-12-9/h3-5,7-8,10-11H,6H2,1-2H3/t7?,8-/m0/s1. The zero-order chi connectivity index (χ0) is 8.97. The molecular weight excluding hydrogens is 154 g/mol. The van der Waals surface area contributed by atoms with E-state index < -0.39 is 0 Å². The fraction of sp³-hybridized carbons (Fsp3) is 0.556. The first-order valence-corrected chi connectivity index (χ1v) is 4.15. The van der Waals surface area contributed by atoms with E-state index in [2.05, 4.69) is 5.32 Å². The molecule has 1 unspecified atom stereocenters. The smallest absolute Gasteiger partial charge is 0.120 e. The summed E-state index contributed by atoms with van der Waals surface area (Å²) in [6.45, 7) is 4.34. The molecule has 1 heterocycles. The van der Waals surface area contributed by atoms with E-state index >= 15 is 0 Å². The van der Waals surface area contributed by atoms with E-state index in [-0.39, 0.29) is 12.1 Å². The minimum atomic E-state index is -0.317. The SMILES string of the molecule is CC(O)CN[C@@H](C)c1ccco1. The molecule has 3 nitrogen and oxygen atoms in total. The quantitative estimate of drug-likeness (QED) is 0.714. The largest absolute Gasteiger partial charge is 0.468 e. The highest BCUT2D eigenvalue weighted by molar-refractivity contribution is 5.02. The molecule has 0 aliphatic rings. The van der Waals surface area contributed by atoms with Crippen LogP contribution in [0.1, 0.15) is 25.6 Å². The van der Waals surface area contributed by atoms with Crippen molar-refractivity contribution in [3.63, 3.8) is 0 Å². The summed E-state index contributed by atoms with van der Waals surface area (Å²) in [5.41, 5.74) is 0. The number of aliphatic hydroxyl groups is 1. The van der Waals surface area contributed by atoms with Gasteiger partial charge in [0.15, 0.2) is 0 Å². The van der Waals surface area contributed by atoms with Gasteiger partial charge in [-0.05, 0) is 26.0 Å². The molecule has 0 radical (unpaired) electrons. The molecule has 0 bridgehead atoms. The second kappa shape index (κ2) is 4.28. The lowest BCUT2D eigenvalue weighted by Gasteiger charge is -2.12. The van der Waals surface area contributed by atoms with Gasteiger partial charge in [0.25, 0.3) is 0 Å². The van der Waals surface area contributed by atoms with Gasteiger partial charge >= 0.3 is 0 Å². The molecule has 0 saturated carbocycles. The Morgan fingerprint density at radius 1 is 1.58 bits per heavy atom. The summed E-state index contributed by atoms with van der Waals surface area (Å²) in [5.74, 6) is 0.899. The first-order valence-electron chi connectivity index (χ1n) is 4.15. The number of rotatable bonds is 4. The van der Waals surface area contributed by atoms with Gasteiger partial charge in [0.1, 0.15) is 5.76 Å². The third kappa shape index (κ3) is 2.68. The van der Waals surface area contributed by atoms with Crippen LogP contribution in [0.25, 0.3) is 0 Å². The molecule has 1 aromatic rings. The fourth-order valence-corrected chi connectivity index (χ4v) is 0.986. The first kappa shape index (κ1) is 9.29. The van der Waals surface area contributed by atoms with Crippen LogP contribution in [0, 0.1) is 0 Å². The van der Waals surface area contributed by atoms with Crippen LogP contribution in [0.15, 0.2) is 22.8 Å². The van der Waals surface area contributed by atoms with Crippen LogP contribution in [0.3, 0.4) is 0 Å². The van der Waals surface area contributed by atoms with E-state index in [0.29, 0.717) is 6.54 Å². The number of nitrogens with one attached hydrogen (secondary N) is 1. The predicted molar refractivity (Wildman–Crippen MR) is 46.8 cm³/mol. The van der Waals surface area contributed by atoms with Crippen molar-refractivity contribution in [2.24, 2.45) is 0 Å². The van der Waals surface area contributed by atoms with Crippen molar-refractivity contribution >= 4 is 0 Å². The normalized spacial score (nSPS) is 15.9. The topological polar surface area (TPSA) is 45.4 Å². The molecule has 68 valence electrons. The zero-order valence-corrected chi connectivity index (χ0v) is 7.45. The Hall–Kier alpha value is -0.800. The molecule has 0 amide bonds. The molecule has 0 fully saturated rings. The molecule has 0 aliphatic heterocycles. The van der Waals surface area contributed by atoms with Gasteiger partial charge in [0.2, 0.25) is 0 Å². The molecule has 0 spiro atoms. The van der Waals surface area contributed by atoms with Crippen molar-refractivity contribution in [3.8, 4) is 0 Å². The number of aliphatic hydroxyl groups excluding tert-OH is 1. The van der Waals surface area contributed by atoms with Crippen molar-refractivity contribution < 1.29 is 9.52 Å². The molecule has 1 rings (SSSR count). The Balaban J connectivity index is 2.34. The third-order valence-corrected chi connectivity index (χ3v) is 1.69. The summed E-state index contributed by atoms with van der Waals surface area (Å²) in [6.07, 6.45) is 1.33. The maximum Gasteiger partial charge on any atom is 0.120 e. The molecule has 0 aliphatic carbocycles. The molecule has 2 atom stereocenters. The van der Waals surface area contributed by atoms with Crippen molar-refractivity contribution in [1.82, 2.24) is 5.32 Å². The summed E-state index contributed by atoms with van der Waals surface area (Å²) in [5, 5.41) is 12.1. The van der Waals surface area contributed by atoms with E-state index in [1.165, 1.54) is 0 Å². The van der Waals surface area contributed by atoms with Gasteiger partial charge in [0, 0.05) is 6.54 Å². The molecule has 1 aromatic heterocycles. The molecule has 0 saturated heterocycles. The van der Waals surface area contributed by atoms with Crippen LogP contribution in [0.4, 0.5) is 0 Å². The van der Waals surface area contributed by atoms with Gasteiger partial charge in [-0.15, -0.1) is 0 Å². The predicted octanol–water partition coefficient (Wildman–Crippen LogP) is 1.31. The van der Waals surface area contributed by atoms with Crippen molar-refractivity contribution in [3.05, 3.63) is 24.2 Å². The van der Waals surface area contributed by atoms with Gasteiger partial charge < -0.3 is 14.8 Å². The lowest BCUT2D eigenvalue weighted by atomic mass is 10.2. The highest BCUT2D eigenvalue weighted by atomic mass is 16.3. The van der Waals surface area contributed by atoms with E-state index in [1.807, 2.05) is 19.1 Å². The Bertz CT molecular complexity index is 206. The average Bonchev–Trinajstić information content (AvgIpc) is 2.51. The highest BCUT2D eigenvalue weighted by Crippen LogP contribution is 2.11. The lowest BCUT2D eigenvalue weighted by molar-refractivity contribution is 0.185. The Morgan fingerprint density at radius 2 is 2.33 bits per heavy atom. The van der Waals surface area contributed by atoms with E-state index in [4.69, 9.17) is 9.52 Å². The van der Waals surface area contributed by atoms with Gasteiger partial charge in [0.05, 0.1) is 18.4 Å². The highest BCUT2D eigenvalue weighted by Gasteiger charge is 2.07. The van der Waals surface area contributed by atoms with Crippen LogP contribution >= 0.6 is 0 Å². The van der Waals surface area contributed by atoms with Crippen molar-refractivity contribution in [1.29, 1.82) is 0 Å². The second-order valence-corrected chi connectivity index (χ2v) is 2.99. The Labute approximate surface area is 72.4 Å². The molecule has 3 heteroatoms. The van der Waals surface area contributed by atoms with Crippen LogP contribution in [0.5, 0.6) is 0 Å². The summed E-state index contributed by atoms with van der Waals surface area (Å²) < 4.78 is 5.18. The maximum atomic E-state index is 9.01. The monoisotopic (exact) mass is 169 g/mol. The van der Waals surface area contributed by atoms with E-state index in [1.54, 1.807) is 13.2 Å². The van der Waals surface area contributed by atoms with Gasteiger partial charge in [-0.1, -0.05) is 0 Å². The van der Waals surface area contributed by atoms with Crippen molar-refractivity contribution in [2.75, 3.05) is 6.54 Å². The molecule has 0 aromatic carbocycles. The van der Waals surface area contributed by atoms with Crippen LogP contribution in [-0.4, -0.2) is 17.8 Å². The van der Waals surface area contributed by atoms with E-state index in [0.717, 1.165) is 5.76 Å². The minimum Gasteiger partial charge on any atom is -0.468 e. The maximum absolute atomic E-state index is 9.01. The van der Waals surface area contributed by atoms with Crippen LogP contribution in [0.2, 0.25) is 0 Å². The van der Waals surface area contributed by atoms with Gasteiger partial charge in [-0.25, -0.2) is 0 Å². The van der Waals surface area contributed by atoms with Crippen LogP contribution in [-0.2, 0) is 0 Å². The first-order chi connectivity index (χ1) is 5.70. The average molecular weight is 169 g/mol. The summed E-state index contributed by atoms with van der Waals surface area (Å²) in [6, 6.07) is 3.94. The summed E-state index contributed by atoms with van der Waals surface area (Å²) in [7, 11) is 0. The number of hydrogen-bond acceptors (Lipinski definition) is 3. The third-order valence-electron chi connectivity index (χ3n) is 1.69. The summed E-state index contributed by atoms with van der Waals surface area (Å²) in [4.78, 5) is 0. The fourth-order valence-electron chi connectivity index (χ4n) is 0.986. The van der Waals surface area contributed by atoms with Gasteiger partial charge in [-0.2, -0.15) is 0 Å². The number of furan rings is 1. The molecule has 2 N–H and O–H groups in total. The van der Waals surface area contributed by atoms with E-state index in [9.17, 15) is 0 Å². The lowest BCUT2D eigenvalue weighted by Crippen LogP contribution is -2.26. The second-order valence-electron chi connectivity index (χ2n) is 2.99. The van der Waals surface area contributed by atoms with Crippen molar-refractivity contribution in [2.45, 2.75) is 26.0 Å². The molecular formula is C9H15NO2. The summed E-state index contributed by atoms with van der Waals surface area (Å²) >= 11 is 0. The van der Waals surface area contributed by atoms with Crippen LogP contribution < -0.4 is 5.32 Å². The zero-order valence-electron chi connectivity index (χ0n) is 7.45. The Kier molecular flexibility index (Phi) is 3.31. The minimum absolute atomic E-state index is 0.162. The Morgan fingerprint density at radius 3 is 2.83 bits per heavy atom. The molecule has 12 heavy (non-hydrogen) atoms. The number of hydrogen-bond donors (Lipinski definition) is 2.